The molecule has 154 valence electrons. The van der Waals surface area contributed by atoms with Crippen LogP contribution in [0.2, 0.25) is 5.02 Å². The molecule has 1 amide bonds. The predicted molar refractivity (Wildman–Crippen MR) is 117 cm³/mol. The van der Waals surface area contributed by atoms with E-state index in [1.54, 1.807) is 50.6 Å². The van der Waals surface area contributed by atoms with Gasteiger partial charge in [0.1, 0.15) is 12.4 Å². The number of carbonyl (C=O) groups excluding carboxylic acids is 1. The average molecular weight is 425 g/mol. The number of benzene rings is 3. The highest BCUT2D eigenvalue weighted by Crippen LogP contribution is 2.26. The number of rotatable bonds is 8. The summed E-state index contributed by atoms with van der Waals surface area (Å²) in [6.45, 7) is 0.415. The molecule has 0 fully saturated rings. The van der Waals surface area contributed by atoms with Crippen molar-refractivity contribution in [2.75, 3.05) is 14.2 Å². The number of amides is 1. The summed E-state index contributed by atoms with van der Waals surface area (Å²) < 4.78 is 16.2. The van der Waals surface area contributed by atoms with Gasteiger partial charge in [0, 0.05) is 10.6 Å². The molecular formula is C23H21ClN2O4. The molecule has 0 saturated carbocycles. The van der Waals surface area contributed by atoms with E-state index in [-0.39, 0.29) is 5.91 Å². The van der Waals surface area contributed by atoms with Crippen molar-refractivity contribution < 1.29 is 19.0 Å². The molecule has 3 rings (SSSR count). The average Bonchev–Trinajstić information content (AvgIpc) is 2.78. The van der Waals surface area contributed by atoms with Crippen molar-refractivity contribution in [3.05, 3.63) is 88.4 Å². The molecule has 0 aliphatic heterocycles. The third kappa shape index (κ3) is 5.75. The Hall–Kier alpha value is -3.51. The molecule has 0 atom stereocenters. The first-order valence-corrected chi connectivity index (χ1v) is 9.49. The summed E-state index contributed by atoms with van der Waals surface area (Å²) in [5.41, 5.74) is 4.74. The number of carbonyl (C=O) groups is 1. The summed E-state index contributed by atoms with van der Waals surface area (Å²) in [7, 11) is 3.13. The smallest absolute Gasteiger partial charge is 0.271 e. The fraction of sp³-hybridized carbons (Fsp3) is 0.130. The molecule has 3 aromatic rings. The van der Waals surface area contributed by atoms with E-state index < -0.39 is 0 Å². The standard InChI is InChI=1S/C23H21ClN2O4/c1-28-21-12-5-17(13-22(21)29-2)14-25-26-23(27)18-6-10-20(11-7-18)30-15-16-3-8-19(24)9-4-16/h3-14H,15H2,1-2H3,(H,26,27)/b25-14-. The minimum atomic E-state index is -0.323. The zero-order valence-electron chi connectivity index (χ0n) is 16.6. The Morgan fingerprint density at radius 3 is 2.33 bits per heavy atom. The van der Waals surface area contributed by atoms with E-state index in [9.17, 15) is 4.79 Å². The highest BCUT2D eigenvalue weighted by molar-refractivity contribution is 6.30. The summed E-state index contributed by atoms with van der Waals surface area (Å²) in [6.07, 6.45) is 1.53. The summed E-state index contributed by atoms with van der Waals surface area (Å²) in [5, 5.41) is 4.67. The molecule has 30 heavy (non-hydrogen) atoms. The van der Waals surface area contributed by atoms with E-state index in [4.69, 9.17) is 25.8 Å². The van der Waals surface area contributed by atoms with Crippen LogP contribution in [-0.4, -0.2) is 26.3 Å². The molecule has 0 aliphatic carbocycles. The van der Waals surface area contributed by atoms with Gasteiger partial charge in [-0.1, -0.05) is 23.7 Å². The van der Waals surface area contributed by atoms with Crippen LogP contribution in [0.3, 0.4) is 0 Å². The molecular weight excluding hydrogens is 404 g/mol. The van der Waals surface area contributed by atoms with E-state index in [0.29, 0.717) is 34.4 Å². The van der Waals surface area contributed by atoms with Gasteiger partial charge in [-0.15, -0.1) is 0 Å². The number of nitrogens with one attached hydrogen (secondary N) is 1. The Morgan fingerprint density at radius 1 is 0.967 bits per heavy atom. The van der Waals surface area contributed by atoms with Crippen molar-refractivity contribution in [2.24, 2.45) is 5.10 Å². The van der Waals surface area contributed by atoms with Gasteiger partial charge in [-0.2, -0.15) is 5.10 Å². The van der Waals surface area contributed by atoms with Crippen LogP contribution in [0.4, 0.5) is 0 Å². The number of nitrogens with zero attached hydrogens (tertiary/aromatic N) is 1. The molecule has 0 bridgehead atoms. The van der Waals surface area contributed by atoms with Gasteiger partial charge in [0.25, 0.3) is 5.91 Å². The van der Waals surface area contributed by atoms with E-state index in [2.05, 4.69) is 10.5 Å². The van der Waals surface area contributed by atoms with Crippen LogP contribution in [0.5, 0.6) is 17.2 Å². The lowest BCUT2D eigenvalue weighted by atomic mass is 10.2. The number of hydrazone groups is 1. The van der Waals surface area contributed by atoms with E-state index in [1.807, 2.05) is 30.3 Å². The van der Waals surface area contributed by atoms with E-state index in [1.165, 1.54) is 6.21 Å². The predicted octanol–water partition coefficient (Wildman–Crippen LogP) is 4.70. The van der Waals surface area contributed by atoms with Crippen LogP contribution in [0.25, 0.3) is 0 Å². The van der Waals surface area contributed by atoms with E-state index >= 15 is 0 Å². The lowest BCUT2D eigenvalue weighted by Crippen LogP contribution is -2.17. The molecule has 0 saturated heterocycles. The third-order valence-electron chi connectivity index (χ3n) is 4.22. The summed E-state index contributed by atoms with van der Waals surface area (Å²) >= 11 is 5.87. The van der Waals surface area contributed by atoms with Gasteiger partial charge in [-0.3, -0.25) is 4.79 Å². The third-order valence-corrected chi connectivity index (χ3v) is 4.47. The molecule has 0 radical (unpaired) electrons. The fourth-order valence-corrected chi connectivity index (χ4v) is 2.74. The monoisotopic (exact) mass is 424 g/mol. The highest BCUT2D eigenvalue weighted by Gasteiger charge is 2.06. The van der Waals surface area contributed by atoms with Crippen LogP contribution in [0, 0.1) is 0 Å². The normalized spacial score (nSPS) is 10.6. The van der Waals surface area contributed by atoms with Crippen LogP contribution < -0.4 is 19.6 Å². The topological polar surface area (TPSA) is 69.2 Å². The largest absolute Gasteiger partial charge is 0.493 e. The Morgan fingerprint density at radius 2 is 1.67 bits per heavy atom. The van der Waals surface area contributed by atoms with Gasteiger partial charge < -0.3 is 14.2 Å². The van der Waals surface area contributed by atoms with Crippen LogP contribution in [0.15, 0.2) is 71.8 Å². The van der Waals surface area contributed by atoms with E-state index in [0.717, 1.165) is 11.1 Å². The molecule has 1 N–H and O–H groups in total. The first-order valence-electron chi connectivity index (χ1n) is 9.12. The van der Waals surface area contributed by atoms with Gasteiger partial charge in [0.05, 0.1) is 20.4 Å². The maximum Gasteiger partial charge on any atom is 0.271 e. The molecule has 0 heterocycles. The minimum absolute atomic E-state index is 0.323. The molecule has 3 aromatic carbocycles. The van der Waals surface area contributed by atoms with Gasteiger partial charge in [-0.25, -0.2) is 5.43 Å². The second kappa shape index (κ2) is 10.3. The molecule has 6 nitrogen and oxygen atoms in total. The Bertz CT molecular complexity index is 1020. The minimum Gasteiger partial charge on any atom is -0.493 e. The fourth-order valence-electron chi connectivity index (χ4n) is 2.61. The first kappa shape index (κ1) is 21.2. The zero-order valence-corrected chi connectivity index (χ0v) is 17.3. The Kier molecular flexibility index (Phi) is 7.29. The lowest BCUT2D eigenvalue weighted by molar-refractivity contribution is 0.0955. The summed E-state index contributed by atoms with van der Waals surface area (Å²) in [6, 6.07) is 19.6. The second-order valence-electron chi connectivity index (χ2n) is 6.25. The Balaban J connectivity index is 1.54. The van der Waals surface area contributed by atoms with Crippen LogP contribution in [0.1, 0.15) is 21.5 Å². The van der Waals surface area contributed by atoms with Crippen molar-refractivity contribution in [3.63, 3.8) is 0 Å². The van der Waals surface area contributed by atoms with Crippen molar-refractivity contribution >= 4 is 23.7 Å². The molecule has 0 aromatic heterocycles. The molecule has 0 spiro atoms. The summed E-state index contributed by atoms with van der Waals surface area (Å²) in [4.78, 5) is 12.3. The van der Waals surface area contributed by atoms with Crippen LogP contribution >= 0.6 is 11.6 Å². The maximum absolute atomic E-state index is 12.3. The molecule has 0 unspecified atom stereocenters. The summed E-state index contributed by atoms with van der Waals surface area (Å²) in [5.74, 6) is 1.55. The number of ether oxygens (including phenoxy) is 3. The van der Waals surface area contributed by atoms with Gasteiger partial charge in [-0.05, 0) is 65.7 Å². The zero-order chi connectivity index (χ0) is 21.3. The SMILES string of the molecule is COc1ccc(/C=N\NC(=O)c2ccc(OCc3ccc(Cl)cc3)cc2)cc1OC. The van der Waals surface area contributed by atoms with Crippen molar-refractivity contribution in [1.29, 1.82) is 0 Å². The lowest BCUT2D eigenvalue weighted by Gasteiger charge is -2.08. The first-order chi connectivity index (χ1) is 14.6. The molecule has 7 heteroatoms. The number of hydrogen-bond donors (Lipinski definition) is 1. The van der Waals surface area contributed by atoms with Crippen LogP contribution in [-0.2, 0) is 6.61 Å². The maximum atomic E-state index is 12.3. The number of halogens is 1. The van der Waals surface area contributed by atoms with Gasteiger partial charge in [0.15, 0.2) is 11.5 Å². The Labute approximate surface area is 180 Å². The second-order valence-corrected chi connectivity index (χ2v) is 6.69. The van der Waals surface area contributed by atoms with Gasteiger partial charge >= 0.3 is 0 Å². The highest BCUT2D eigenvalue weighted by atomic mass is 35.5. The van der Waals surface area contributed by atoms with Gasteiger partial charge in [0.2, 0.25) is 0 Å². The number of hydrogen-bond acceptors (Lipinski definition) is 5. The molecule has 0 aliphatic rings. The quantitative estimate of drug-likeness (QED) is 0.420. The number of methoxy groups -OCH3 is 2. The van der Waals surface area contributed by atoms with Crippen molar-refractivity contribution in [3.8, 4) is 17.2 Å². The van der Waals surface area contributed by atoms with Crippen molar-refractivity contribution in [1.82, 2.24) is 5.43 Å². The van der Waals surface area contributed by atoms with Crippen molar-refractivity contribution in [2.45, 2.75) is 6.61 Å².